The second-order valence-electron chi connectivity index (χ2n) is 11.3. The fourth-order valence-corrected chi connectivity index (χ4v) is 6.90. The molecule has 38 heavy (non-hydrogen) atoms. The smallest absolute Gasteiger partial charge is 0.252 e. The zero-order chi connectivity index (χ0) is 25.7. The molecule has 0 unspecified atom stereocenters. The van der Waals surface area contributed by atoms with E-state index in [1.54, 1.807) is 0 Å². The van der Waals surface area contributed by atoms with Crippen LogP contribution in [0.5, 0.6) is 0 Å². The normalized spacial score (nSPS) is 14.1. The van der Waals surface area contributed by atoms with Crippen molar-refractivity contribution in [3.8, 4) is 0 Å². The molecule has 2 aliphatic heterocycles. The molecule has 182 valence electrons. The lowest BCUT2D eigenvalue weighted by Crippen LogP contribution is -2.63. The van der Waals surface area contributed by atoms with Gasteiger partial charge in [-0.3, -0.25) is 0 Å². The summed E-state index contributed by atoms with van der Waals surface area (Å²) in [7, 11) is 0. The molecule has 2 bridgehead atoms. The van der Waals surface area contributed by atoms with Crippen molar-refractivity contribution in [3.05, 3.63) is 124 Å². The van der Waals surface area contributed by atoms with Crippen LogP contribution in [0.25, 0.3) is 0 Å². The van der Waals surface area contributed by atoms with Gasteiger partial charge in [-0.2, -0.15) is 0 Å². The van der Waals surface area contributed by atoms with Crippen molar-refractivity contribution in [3.63, 3.8) is 0 Å². The maximum Gasteiger partial charge on any atom is 0.252 e. The Kier molecular flexibility index (Phi) is 4.39. The van der Waals surface area contributed by atoms with E-state index in [4.69, 9.17) is 0 Å². The molecule has 0 atom stereocenters. The number of nitrogens with zero attached hydrogens (tertiary/aromatic N) is 2. The molecule has 5 aromatic carbocycles. The predicted octanol–water partition coefficient (Wildman–Crippen LogP) is 6.91. The summed E-state index contributed by atoms with van der Waals surface area (Å²) in [5.41, 5.74) is 20.3. The zero-order valence-electron chi connectivity index (χ0n) is 22.3. The summed E-state index contributed by atoms with van der Waals surface area (Å²) in [6, 6.07) is 34.4. The van der Waals surface area contributed by atoms with Crippen molar-refractivity contribution < 1.29 is 0 Å². The van der Waals surface area contributed by atoms with Crippen molar-refractivity contribution in [2.24, 2.45) is 0 Å². The van der Waals surface area contributed by atoms with Crippen LogP contribution in [0.2, 0.25) is 0 Å². The summed E-state index contributed by atoms with van der Waals surface area (Å²) in [5, 5.41) is 0. The number of fused-ring (bicyclic) bond motifs is 2. The summed E-state index contributed by atoms with van der Waals surface area (Å²) in [5.74, 6) is 0. The van der Waals surface area contributed by atoms with E-state index in [9.17, 15) is 0 Å². The zero-order valence-corrected chi connectivity index (χ0v) is 22.3. The highest BCUT2D eigenvalue weighted by molar-refractivity contribution is 7.00. The summed E-state index contributed by atoms with van der Waals surface area (Å²) in [6.45, 7) is 9.07. The summed E-state index contributed by atoms with van der Waals surface area (Å²) in [4.78, 5) is 5.00. The van der Waals surface area contributed by atoms with Gasteiger partial charge in [0.1, 0.15) is 0 Å². The van der Waals surface area contributed by atoms with Gasteiger partial charge in [-0.15, -0.1) is 0 Å². The molecule has 0 spiro atoms. The Morgan fingerprint density at radius 3 is 1.74 bits per heavy atom. The quantitative estimate of drug-likeness (QED) is 0.244. The third-order valence-corrected chi connectivity index (χ3v) is 8.89. The molecule has 0 saturated carbocycles. The van der Waals surface area contributed by atoms with Gasteiger partial charge in [-0.25, -0.2) is 0 Å². The van der Waals surface area contributed by atoms with Crippen LogP contribution in [0.15, 0.2) is 91.0 Å². The first kappa shape index (κ1) is 21.8. The average Bonchev–Trinajstić information content (AvgIpc) is 2.93. The Morgan fingerprint density at radius 2 is 1.13 bits per heavy atom. The third-order valence-electron chi connectivity index (χ3n) is 8.89. The standard InChI is InChI=1S/C35H29BN2/c1-21-8-13-26(14-9-21)37-30-17-12-23(3)18-29(30)36-34-28-19-25(24(28)4)20-33(34)38(27-15-10-22(2)11-16-27)32-7-5-6-31(37)35(32)36/h5-18,20H,19H2,1-4H3. The monoisotopic (exact) mass is 488 g/mol. The van der Waals surface area contributed by atoms with Crippen molar-refractivity contribution >= 4 is 57.2 Å². The van der Waals surface area contributed by atoms with Gasteiger partial charge < -0.3 is 9.80 Å². The van der Waals surface area contributed by atoms with E-state index >= 15 is 0 Å². The molecule has 2 aliphatic carbocycles. The molecule has 0 aromatic heterocycles. The lowest BCUT2D eigenvalue weighted by Gasteiger charge is -2.46. The fraction of sp³-hybridized carbons (Fsp3) is 0.143. The minimum absolute atomic E-state index is 0.220. The molecule has 2 heterocycles. The average molecular weight is 488 g/mol. The molecule has 0 amide bonds. The minimum Gasteiger partial charge on any atom is -0.311 e. The molecule has 3 heteroatoms. The Hall–Kier alpha value is -4.24. The number of rotatable bonds is 2. The summed E-state index contributed by atoms with van der Waals surface area (Å²) in [6.07, 6.45) is 1.09. The number of hydrogen-bond acceptors (Lipinski definition) is 2. The molecule has 2 nitrogen and oxygen atoms in total. The van der Waals surface area contributed by atoms with E-state index in [0.717, 1.165) is 6.42 Å². The topological polar surface area (TPSA) is 6.48 Å². The number of anilines is 6. The second-order valence-corrected chi connectivity index (χ2v) is 11.3. The van der Waals surface area contributed by atoms with Gasteiger partial charge in [-0.05, 0) is 116 Å². The van der Waals surface area contributed by atoms with Gasteiger partial charge in [-0.1, -0.05) is 59.2 Å². The van der Waals surface area contributed by atoms with Crippen LogP contribution in [0.3, 0.4) is 0 Å². The largest absolute Gasteiger partial charge is 0.311 e. The highest BCUT2D eigenvalue weighted by Gasteiger charge is 2.46. The van der Waals surface area contributed by atoms with Crippen molar-refractivity contribution in [2.45, 2.75) is 34.1 Å². The highest BCUT2D eigenvalue weighted by Crippen LogP contribution is 2.46. The molecule has 0 N–H and O–H groups in total. The van der Waals surface area contributed by atoms with Gasteiger partial charge in [0.25, 0.3) is 6.71 Å². The first-order valence-electron chi connectivity index (χ1n) is 13.6. The number of aryl methyl sites for hydroxylation is 4. The second kappa shape index (κ2) is 7.64. The highest BCUT2D eigenvalue weighted by atomic mass is 15.2. The van der Waals surface area contributed by atoms with Gasteiger partial charge in [0.2, 0.25) is 0 Å². The van der Waals surface area contributed by atoms with Crippen LogP contribution in [0.1, 0.15) is 33.4 Å². The van der Waals surface area contributed by atoms with E-state index in [0.29, 0.717) is 0 Å². The van der Waals surface area contributed by atoms with E-state index in [1.165, 1.54) is 83.9 Å². The van der Waals surface area contributed by atoms with Crippen LogP contribution in [-0.4, -0.2) is 6.71 Å². The lowest BCUT2D eigenvalue weighted by molar-refractivity contribution is 1.03. The maximum absolute atomic E-state index is 2.52. The lowest BCUT2D eigenvalue weighted by atomic mass is 9.32. The van der Waals surface area contributed by atoms with Crippen LogP contribution < -0.4 is 26.2 Å². The minimum atomic E-state index is 0.220. The summed E-state index contributed by atoms with van der Waals surface area (Å²) < 4.78 is 0. The van der Waals surface area contributed by atoms with Gasteiger partial charge in [0.15, 0.2) is 0 Å². The molecule has 0 fully saturated rings. The van der Waals surface area contributed by atoms with Crippen LogP contribution >= 0.6 is 0 Å². The third kappa shape index (κ3) is 2.85. The summed E-state index contributed by atoms with van der Waals surface area (Å²) >= 11 is 0. The van der Waals surface area contributed by atoms with Crippen molar-refractivity contribution in [2.75, 3.05) is 9.80 Å². The number of hydrogen-bond donors (Lipinski definition) is 0. The van der Waals surface area contributed by atoms with Crippen molar-refractivity contribution in [1.29, 1.82) is 0 Å². The Bertz CT molecular complexity index is 1770. The Labute approximate surface area is 225 Å². The molecule has 0 saturated heterocycles. The van der Waals surface area contributed by atoms with E-state index in [-0.39, 0.29) is 6.71 Å². The van der Waals surface area contributed by atoms with Gasteiger partial charge in [0.05, 0.1) is 0 Å². The first-order chi connectivity index (χ1) is 18.5. The molecular formula is C35H29BN2. The molecule has 5 aromatic rings. The Balaban J connectivity index is 1.48. The SMILES string of the molecule is Cc1ccc(N2c3ccc(C)cc3B3c4c2cccc4N(c2ccc(C)cc2)c2cc4c(C)c(c23)C4)cc1. The predicted molar refractivity (Wildman–Crippen MR) is 162 cm³/mol. The van der Waals surface area contributed by atoms with Crippen LogP contribution in [0, 0.1) is 27.7 Å². The maximum atomic E-state index is 2.52. The van der Waals surface area contributed by atoms with Gasteiger partial charge >= 0.3 is 0 Å². The Morgan fingerprint density at radius 1 is 0.553 bits per heavy atom. The molecule has 0 radical (unpaired) electrons. The fourth-order valence-electron chi connectivity index (χ4n) is 6.90. The van der Waals surface area contributed by atoms with Crippen molar-refractivity contribution in [1.82, 2.24) is 0 Å². The van der Waals surface area contributed by atoms with Crippen LogP contribution in [-0.2, 0) is 6.42 Å². The van der Waals surface area contributed by atoms with E-state index < -0.39 is 0 Å². The molecule has 4 aliphatic rings. The first-order valence-corrected chi connectivity index (χ1v) is 13.6. The van der Waals surface area contributed by atoms with E-state index in [1.807, 2.05) is 0 Å². The molecular weight excluding hydrogens is 459 g/mol. The van der Waals surface area contributed by atoms with Gasteiger partial charge in [0, 0.05) is 34.1 Å². The number of benzene rings is 5. The van der Waals surface area contributed by atoms with E-state index in [2.05, 4.69) is 128 Å². The molecule has 9 rings (SSSR count). The van der Waals surface area contributed by atoms with Crippen LogP contribution in [0.4, 0.5) is 34.1 Å².